The second-order valence-corrected chi connectivity index (χ2v) is 7.09. The molecule has 6 heteroatoms. The number of benzene rings is 1. The van der Waals surface area contributed by atoms with Crippen LogP contribution in [0.1, 0.15) is 43.7 Å². The van der Waals surface area contributed by atoms with E-state index in [1.54, 1.807) is 4.90 Å². The number of carbonyl (C=O) groups excluding carboxylic acids is 2. The van der Waals surface area contributed by atoms with E-state index in [9.17, 15) is 14.7 Å². The highest BCUT2D eigenvalue weighted by molar-refractivity contribution is 5.77. The Hall–Kier alpha value is -2.08. The molecular weight excluding hydrogens is 320 g/mol. The first-order valence-corrected chi connectivity index (χ1v) is 8.75. The number of amides is 2. The van der Waals surface area contributed by atoms with Gasteiger partial charge in [-0.25, -0.2) is 0 Å². The fraction of sp³-hybridized carbons (Fsp3) is 0.579. The molecule has 2 atom stereocenters. The summed E-state index contributed by atoms with van der Waals surface area (Å²) < 4.78 is 5.84. The second-order valence-electron chi connectivity index (χ2n) is 7.09. The van der Waals surface area contributed by atoms with E-state index in [2.05, 4.69) is 26.0 Å². The van der Waals surface area contributed by atoms with Gasteiger partial charge in [0.2, 0.25) is 11.8 Å². The van der Waals surface area contributed by atoms with Crippen molar-refractivity contribution in [3.05, 3.63) is 29.3 Å². The molecule has 0 aromatic heterocycles. The number of hydrogen-bond acceptors (Lipinski definition) is 4. The van der Waals surface area contributed by atoms with Crippen LogP contribution in [-0.4, -0.2) is 47.6 Å². The molecule has 0 radical (unpaired) electrons. The third-order valence-electron chi connectivity index (χ3n) is 4.59. The van der Waals surface area contributed by atoms with Gasteiger partial charge in [0.25, 0.3) is 0 Å². The fourth-order valence-corrected chi connectivity index (χ4v) is 3.17. The van der Waals surface area contributed by atoms with Crippen LogP contribution < -0.4 is 10.5 Å². The summed E-state index contributed by atoms with van der Waals surface area (Å²) in [6, 6.07) is 6.10. The predicted octanol–water partition coefficient (Wildman–Crippen LogP) is 1.58. The zero-order valence-electron chi connectivity index (χ0n) is 15.2. The van der Waals surface area contributed by atoms with Crippen molar-refractivity contribution in [1.82, 2.24) is 4.90 Å². The molecule has 138 valence electrons. The van der Waals surface area contributed by atoms with Gasteiger partial charge in [-0.15, -0.1) is 0 Å². The summed E-state index contributed by atoms with van der Waals surface area (Å²) in [5.74, 6) is 0.351. The summed E-state index contributed by atoms with van der Waals surface area (Å²) in [5, 5.41) is 9.96. The van der Waals surface area contributed by atoms with Crippen molar-refractivity contribution >= 4 is 11.8 Å². The van der Waals surface area contributed by atoms with E-state index in [1.165, 1.54) is 0 Å². The number of primary amides is 1. The number of nitrogens with zero attached hydrogens (tertiary/aromatic N) is 1. The first-order valence-electron chi connectivity index (χ1n) is 8.75. The first kappa shape index (κ1) is 19.2. The second kappa shape index (κ2) is 8.34. The van der Waals surface area contributed by atoms with Crippen molar-refractivity contribution in [2.75, 3.05) is 19.7 Å². The van der Waals surface area contributed by atoms with Gasteiger partial charge in [-0.1, -0.05) is 26.0 Å². The maximum absolute atomic E-state index is 12.3. The molecule has 1 saturated heterocycles. The molecule has 1 aromatic rings. The number of aliphatic hydroxyl groups is 1. The van der Waals surface area contributed by atoms with E-state index < -0.39 is 12.0 Å². The summed E-state index contributed by atoms with van der Waals surface area (Å²) in [5.41, 5.74) is 7.41. The van der Waals surface area contributed by atoms with Gasteiger partial charge >= 0.3 is 0 Å². The summed E-state index contributed by atoms with van der Waals surface area (Å²) in [7, 11) is 0. The number of aryl methyl sites for hydroxylation is 1. The van der Waals surface area contributed by atoms with Crippen LogP contribution in [0.3, 0.4) is 0 Å². The minimum atomic E-state index is -0.693. The standard InChI is InChI=1S/C19H28N2O4/c1-12(2)15-5-4-13(3)8-17(15)25-7-6-19(24)21-10-14(9-18(20)23)16(22)11-21/h4-5,8,12,14,16,22H,6-7,9-11H2,1-3H3,(H2,20,23)/t14-,16-/m1/s1. The number of carbonyl (C=O) groups is 2. The topological polar surface area (TPSA) is 92.9 Å². The van der Waals surface area contributed by atoms with Gasteiger partial charge in [0.1, 0.15) is 5.75 Å². The van der Waals surface area contributed by atoms with Crippen LogP contribution in [-0.2, 0) is 9.59 Å². The van der Waals surface area contributed by atoms with Gasteiger partial charge < -0.3 is 20.5 Å². The zero-order chi connectivity index (χ0) is 18.6. The average molecular weight is 348 g/mol. The van der Waals surface area contributed by atoms with Crippen molar-refractivity contribution < 1.29 is 19.4 Å². The minimum Gasteiger partial charge on any atom is -0.493 e. The van der Waals surface area contributed by atoms with Gasteiger partial charge in [0.15, 0.2) is 0 Å². The van der Waals surface area contributed by atoms with Crippen LogP contribution >= 0.6 is 0 Å². The molecule has 2 amide bonds. The van der Waals surface area contributed by atoms with Gasteiger partial charge in [-0.3, -0.25) is 9.59 Å². The third-order valence-corrected chi connectivity index (χ3v) is 4.59. The summed E-state index contributed by atoms with van der Waals surface area (Å²) >= 11 is 0. The number of rotatable bonds is 7. The Kier molecular flexibility index (Phi) is 6.42. The molecule has 3 N–H and O–H groups in total. The molecule has 1 heterocycles. The Bertz CT molecular complexity index is 630. The molecular formula is C19H28N2O4. The molecule has 1 aliphatic rings. The van der Waals surface area contributed by atoms with E-state index in [0.29, 0.717) is 12.5 Å². The Morgan fingerprint density at radius 3 is 2.72 bits per heavy atom. The number of nitrogens with two attached hydrogens (primary N) is 1. The van der Waals surface area contributed by atoms with Crippen LogP contribution in [0.2, 0.25) is 0 Å². The third kappa shape index (κ3) is 5.19. The summed E-state index contributed by atoms with van der Waals surface area (Å²) in [6.45, 7) is 7.12. The van der Waals surface area contributed by atoms with Crippen molar-refractivity contribution in [3.63, 3.8) is 0 Å². The number of hydrogen-bond donors (Lipinski definition) is 2. The molecule has 6 nitrogen and oxygen atoms in total. The Morgan fingerprint density at radius 1 is 1.36 bits per heavy atom. The average Bonchev–Trinajstić information content (AvgIpc) is 2.87. The molecule has 0 unspecified atom stereocenters. The number of ether oxygens (including phenoxy) is 1. The van der Waals surface area contributed by atoms with E-state index >= 15 is 0 Å². The van der Waals surface area contributed by atoms with Crippen molar-refractivity contribution in [1.29, 1.82) is 0 Å². The van der Waals surface area contributed by atoms with Crippen molar-refractivity contribution in [2.24, 2.45) is 11.7 Å². The van der Waals surface area contributed by atoms with E-state index in [4.69, 9.17) is 10.5 Å². The smallest absolute Gasteiger partial charge is 0.226 e. The number of β-amino-alcohol motifs (C(OH)–C–C–N with tert-alkyl or cyclic N) is 1. The van der Waals surface area contributed by atoms with Crippen LogP contribution in [0.5, 0.6) is 5.75 Å². The Balaban J connectivity index is 1.87. The number of aliphatic hydroxyl groups excluding tert-OH is 1. The molecule has 0 aliphatic carbocycles. The van der Waals surface area contributed by atoms with Crippen LogP contribution in [0.25, 0.3) is 0 Å². The highest BCUT2D eigenvalue weighted by atomic mass is 16.5. The molecule has 1 fully saturated rings. The molecule has 0 saturated carbocycles. The molecule has 1 aliphatic heterocycles. The molecule has 2 rings (SSSR count). The molecule has 0 spiro atoms. The SMILES string of the molecule is Cc1ccc(C(C)C)c(OCCC(=O)N2C[C@@H](CC(N)=O)[C@H](O)C2)c1. The summed E-state index contributed by atoms with van der Waals surface area (Å²) in [4.78, 5) is 24.9. The van der Waals surface area contributed by atoms with Crippen LogP contribution in [0.4, 0.5) is 0 Å². The first-order chi connectivity index (χ1) is 11.8. The summed E-state index contributed by atoms with van der Waals surface area (Å²) in [6.07, 6.45) is -0.356. The van der Waals surface area contributed by atoms with Crippen LogP contribution in [0.15, 0.2) is 18.2 Å². The molecule has 0 bridgehead atoms. The van der Waals surface area contributed by atoms with Gasteiger partial charge in [0, 0.05) is 25.4 Å². The minimum absolute atomic E-state index is 0.0789. The lowest BCUT2D eigenvalue weighted by molar-refractivity contribution is -0.131. The molecule has 1 aromatic carbocycles. The van der Waals surface area contributed by atoms with Crippen LogP contribution in [0, 0.1) is 12.8 Å². The maximum atomic E-state index is 12.3. The van der Waals surface area contributed by atoms with E-state index in [-0.39, 0.29) is 37.8 Å². The maximum Gasteiger partial charge on any atom is 0.226 e. The molecule has 25 heavy (non-hydrogen) atoms. The predicted molar refractivity (Wildman–Crippen MR) is 95.3 cm³/mol. The lowest BCUT2D eigenvalue weighted by Crippen LogP contribution is -2.30. The van der Waals surface area contributed by atoms with Crippen molar-refractivity contribution in [2.45, 2.75) is 45.6 Å². The Morgan fingerprint density at radius 2 is 2.08 bits per heavy atom. The lowest BCUT2D eigenvalue weighted by atomic mass is 10.0. The highest BCUT2D eigenvalue weighted by Crippen LogP contribution is 2.28. The largest absolute Gasteiger partial charge is 0.493 e. The van der Waals surface area contributed by atoms with Gasteiger partial charge in [-0.2, -0.15) is 0 Å². The van der Waals surface area contributed by atoms with Gasteiger partial charge in [-0.05, 0) is 30.0 Å². The van der Waals surface area contributed by atoms with E-state index in [1.807, 2.05) is 13.0 Å². The normalized spacial score (nSPS) is 20.1. The number of likely N-dealkylation sites (tertiary alicyclic amines) is 1. The fourth-order valence-electron chi connectivity index (χ4n) is 3.17. The van der Waals surface area contributed by atoms with Gasteiger partial charge in [0.05, 0.1) is 19.1 Å². The Labute approximate surface area is 149 Å². The lowest BCUT2D eigenvalue weighted by Gasteiger charge is -2.18. The van der Waals surface area contributed by atoms with Crippen molar-refractivity contribution in [3.8, 4) is 5.75 Å². The monoisotopic (exact) mass is 348 g/mol. The van der Waals surface area contributed by atoms with E-state index in [0.717, 1.165) is 16.9 Å². The quantitative estimate of drug-likeness (QED) is 0.782. The zero-order valence-corrected chi connectivity index (χ0v) is 15.2. The highest BCUT2D eigenvalue weighted by Gasteiger charge is 2.34.